The molecule has 1 aromatic carbocycles. The molecule has 0 saturated heterocycles. The molecule has 3 aliphatic rings. The number of rotatable bonds is 5. The normalized spacial score (nSPS) is 19.7. The number of ether oxygens (including phenoxy) is 1. The Bertz CT molecular complexity index is 1300. The number of nitrogens with two attached hydrogens (primary N) is 1. The van der Waals surface area contributed by atoms with Gasteiger partial charge in [-0.15, -0.1) is 0 Å². The number of hydrogen-bond acceptors (Lipinski definition) is 6. The van der Waals surface area contributed by atoms with Gasteiger partial charge in [0.2, 0.25) is 5.88 Å². The second-order valence-electron chi connectivity index (χ2n) is 10.1. The molecule has 3 aromatic rings. The standard InChI is InChI=1S/C27H30N4O2S.3C2H6/c1-16-14-23(28)21-15-22(27(12-13-27)33-25(21)29-16)20-9-7-19(8-10-20)18-5-2-17(3-6-18)4-11-24-30-26(32)34-31-24;3*1-2/h7-10,14-15,17-18H,2-6,11-13H2,1H3,(H2,28,29)(H,30,31,32);3*1-2H3. The summed E-state index contributed by atoms with van der Waals surface area (Å²) in [6.07, 6.45) is 11.2. The summed E-state index contributed by atoms with van der Waals surface area (Å²) in [7, 11) is 0. The van der Waals surface area contributed by atoms with Crippen molar-refractivity contribution in [2.45, 2.75) is 111 Å². The number of H-pyrrole nitrogens is 1. The molecule has 0 atom stereocenters. The van der Waals surface area contributed by atoms with Crippen LogP contribution in [0.25, 0.3) is 11.6 Å². The second-order valence-corrected chi connectivity index (χ2v) is 10.9. The zero-order valence-corrected chi connectivity index (χ0v) is 26.3. The van der Waals surface area contributed by atoms with Crippen molar-refractivity contribution in [3.05, 3.63) is 68.2 Å². The number of benzene rings is 1. The molecule has 2 saturated carbocycles. The van der Waals surface area contributed by atoms with Crippen molar-refractivity contribution in [2.24, 2.45) is 5.92 Å². The summed E-state index contributed by atoms with van der Waals surface area (Å²) in [6.45, 7) is 14.0. The number of pyridine rings is 1. The van der Waals surface area contributed by atoms with Crippen LogP contribution in [0.5, 0.6) is 5.88 Å². The highest BCUT2D eigenvalue weighted by Crippen LogP contribution is 2.54. The van der Waals surface area contributed by atoms with E-state index in [1.807, 2.05) is 54.5 Å². The first-order valence-electron chi connectivity index (χ1n) is 15.3. The van der Waals surface area contributed by atoms with Crippen LogP contribution >= 0.6 is 11.5 Å². The van der Waals surface area contributed by atoms with Gasteiger partial charge in [-0.2, -0.15) is 4.37 Å². The first kappa shape index (κ1) is 31.6. The predicted molar refractivity (Wildman–Crippen MR) is 170 cm³/mol. The Morgan fingerprint density at radius 1 is 1.02 bits per heavy atom. The van der Waals surface area contributed by atoms with E-state index in [9.17, 15) is 4.79 Å². The lowest BCUT2D eigenvalue weighted by molar-refractivity contribution is 0.226. The van der Waals surface area contributed by atoms with E-state index >= 15 is 0 Å². The molecule has 2 aliphatic carbocycles. The molecule has 7 heteroatoms. The summed E-state index contributed by atoms with van der Waals surface area (Å²) in [5, 5.41) is 0. The van der Waals surface area contributed by atoms with Gasteiger partial charge in [-0.1, -0.05) is 65.8 Å². The molecule has 2 fully saturated rings. The molecule has 6 nitrogen and oxygen atoms in total. The van der Waals surface area contributed by atoms with Crippen LogP contribution in [0.1, 0.15) is 121 Å². The maximum atomic E-state index is 11.3. The molecule has 0 radical (unpaired) electrons. The van der Waals surface area contributed by atoms with Gasteiger partial charge in [0, 0.05) is 34.9 Å². The van der Waals surface area contributed by atoms with E-state index in [1.165, 1.54) is 42.4 Å². The van der Waals surface area contributed by atoms with E-state index in [-0.39, 0.29) is 10.5 Å². The lowest BCUT2D eigenvalue weighted by atomic mass is 9.77. The van der Waals surface area contributed by atoms with Crippen molar-refractivity contribution in [1.29, 1.82) is 0 Å². The number of fused-ring (bicyclic) bond motifs is 1. The lowest BCUT2D eigenvalue weighted by Gasteiger charge is -2.30. The van der Waals surface area contributed by atoms with E-state index < -0.39 is 0 Å². The third-order valence-electron chi connectivity index (χ3n) is 7.77. The minimum absolute atomic E-state index is 0.0512. The van der Waals surface area contributed by atoms with Crippen LogP contribution in [0.2, 0.25) is 0 Å². The molecule has 40 heavy (non-hydrogen) atoms. The molecular formula is C33H48N4O2S. The monoisotopic (exact) mass is 564 g/mol. The third kappa shape index (κ3) is 7.22. The number of nitrogens with zero attached hydrogens (tertiary/aromatic N) is 2. The number of anilines is 1. The highest BCUT2D eigenvalue weighted by Gasteiger charge is 2.52. The SMILES string of the molecule is CC.CC.CC.Cc1cc(N)c2c(n1)OC1(CC1)C(c1ccc(C3CCC(CCc4nsc(=O)[nH]4)CC3)cc1)=C2. The Balaban J connectivity index is 0.000000691. The fourth-order valence-corrected chi connectivity index (χ4v) is 6.17. The Labute approximate surface area is 244 Å². The van der Waals surface area contributed by atoms with Gasteiger partial charge in [0.1, 0.15) is 11.4 Å². The van der Waals surface area contributed by atoms with Crippen molar-refractivity contribution in [3.8, 4) is 5.88 Å². The van der Waals surface area contributed by atoms with Crippen LogP contribution < -0.4 is 15.3 Å². The average Bonchev–Trinajstić information content (AvgIpc) is 3.63. The van der Waals surface area contributed by atoms with Crippen LogP contribution in [0.3, 0.4) is 0 Å². The van der Waals surface area contributed by atoms with Crippen molar-refractivity contribution in [1.82, 2.24) is 14.3 Å². The van der Waals surface area contributed by atoms with Crippen LogP contribution in [0, 0.1) is 12.8 Å². The first-order valence-corrected chi connectivity index (χ1v) is 16.1. The maximum absolute atomic E-state index is 11.3. The van der Waals surface area contributed by atoms with E-state index in [1.54, 1.807) is 0 Å². The summed E-state index contributed by atoms with van der Waals surface area (Å²) in [5.74, 6) is 2.87. The highest BCUT2D eigenvalue weighted by molar-refractivity contribution is 7.02. The molecule has 3 heterocycles. The quantitative estimate of drug-likeness (QED) is 0.324. The van der Waals surface area contributed by atoms with Gasteiger partial charge in [-0.3, -0.25) is 9.78 Å². The van der Waals surface area contributed by atoms with Crippen molar-refractivity contribution in [2.75, 3.05) is 5.73 Å². The van der Waals surface area contributed by atoms with Gasteiger partial charge >= 0.3 is 4.87 Å². The van der Waals surface area contributed by atoms with Crippen LogP contribution in [-0.4, -0.2) is 19.9 Å². The van der Waals surface area contributed by atoms with Crippen LogP contribution in [-0.2, 0) is 6.42 Å². The first-order chi connectivity index (χ1) is 19.5. The van der Waals surface area contributed by atoms with Crippen molar-refractivity contribution in [3.63, 3.8) is 0 Å². The Morgan fingerprint density at radius 2 is 1.68 bits per heavy atom. The molecule has 3 N–H and O–H groups in total. The van der Waals surface area contributed by atoms with Crippen molar-refractivity contribution < 1.29 is 4.74 Å². The highest BCUT2D eigenvalue weighted by atomic mass is 32.1. The molecule has 6 rings (SSSR count). The molecule has 0 amide bonds. The number of aryl methyl sites for hydroxylation is 2. The van der Waals surface area contributed by atoms with Gasteiger partial charge in [0.05, 0.1) is 5.56 Å². The topological polar surface area (TPSA) is 93.9 Å². The van der Waals surface area contributed by atoms with Gasteiger partial charge < -0.3 is 10.5 Å². The molecular weight excluding hydrogens is 516 g/mol. The summed E-state index contributed by atoms with van der Waals surface area (Å²) in [5.41, 5.74) is 12.5. The third-order valence-corrected chi connectivity index (χ3v) is 8.35. The van der Waals surface area contributed by atoms with Crippen molar-refractivity contribution >= 4 is 28.9 Å². The minimum Gasteiger partial charge on any atom is -0.466 e. The second kappa shape index (κ2) is 14.6. The van der Waals surface area contributed by atoms with Gasteiger partial charge in [-0.05, 0) is 87.0 Å². The number of nitrogens with one attached hydrogen (secondary N) is 1. The fraction of sp³-hybridized carbons (Fsp3) is 0.545. The molecule has 1 spiro atoms. The smallest absolute Gasteiger partial charge is 0.323 e. The summed E-state index contributed by atoms with van der Waals surface area (Å²) in [4.78, 5) is 18.6. The molecule has 0 unspecified atom stereocenters. The Hall–Kier alpha value is -2.93. The van der Waals surface area contributed by atoms with Crippen LogP contribution in [0.4, 0.5) is 5.69 Å². The summed E-state index contributed by atoms with van der Waals surface area (Å²) in [6, 6.07) is 11.1. The number of aromatic amines is 1. The number of nitrogen functional groups attached to an aromatic ring is 1. The molecule has 2 aromatic heterocycles. The average molecular weight is 565 g/mol. The summed E-state index contributed by atoms with van der Waals surface area (Å²) >= 11 is 1.02. The van der Waals surface area contributed by atoms with Gasteiger partial charge in [-0.25, -0.2) is 4.98 Å². The van der Waals surface area contributed by atoms with E-state index in [4.69, 9.17) is 10.5 Å². The zero-order chi connectivity index (χ0) is 29.3. The number of aromatic nitrogens is 3. The van der Waals surface area contributed by atoms with E-state index in [0.29, 0.717) is 11.8 Å². The van der Waals surface area contributed by atoms with E-state index in [0.717, 1.165) is 65.9 Å². The van der Waals surface area contributed by atoms with E-state index in [2.05, 4.69) is 44.7 Å². The Morgan fingerprint density at radius 3 is 2.25 bits per heavy atom. The number of hydrogen-bond donors (Lipinski definition) is 2. The zero-order valence-electron chi connectivity index (χ0n) is 25.5. The van der Waals surface area contributed by atoms with Gasteiger partial charge in [0.15, 0.2) is 0 Å². The van der Waals surface area contributed by atoms with Gasteiger partial charge in [0.25, 0.3) is 0 Å². The predicted octanol–water partition coefficient (Wildman–Crippen LogP) is 8.57. The van der Waals surface area contributed by atoms with Crippen LogP contribution in [0.15, 0.2) is 35.1 Å². The minimum atomic E-state index is -0.235. The molecule has 218 valence electrons. The maximum Gasteiger partial charge on any atom is 0.323 e. The largest absolute Gasteiger partial charge is 0.466 e. The Kier molecular flexibility index (Phi) is 11.6. The fourth-order valence-electron chi connectivity index (χ4n) is 5.68. The molecule has 0 bridgehead atoms. The molecule has 1 aliphatic heterocycles. The summed E-state index contributed by atoms with van der Waals surface area (Å²) < 4.78 is 10.6. The lowest BCUT2D eigenvalue weighted by Crippen LogP contribution is -2.25.